The number of nitrogens with zero attached hydrogens (tertiary/aromatic N) is 3. The van der Waals surface area contributed by atoms with Gasteiger partial charge in [0.15, 0.2) is 0 Å². The second kappa shape index (κ2) is 7.47. The van der Waals surface area contributed by atoms with Crippen LogP contribution in [0.3, 0.4) is 0 Å². The van der Waals surface area contributed by atoms with Crippen molar-refractivity contribution in [1.82, 2.24) is 9.80 Å². The highest BCUT2D eigenvalue weighted by atomic mass is 16.9. The van der Waals surface area contributed by atoms with Gasteiger partial charge >= 0.3 is 0 Å². The smallest absolute Gasteiger partial charge is 0.294 e. The maximum Gasteiger partial charge on any atom is 0.294 e. The molecule has 9 nitrogen and oxygen atoms in total. The van der Waals surface area contributed by atoms with Gasteiger partial charge in [0.25, 0.3) is 16.9 Å². The molecular weight excluding hydrogens is 330 g/mol. The van der Waals surface area contributed by atoms with E-state index in [0.29, 0.717) is 12.4 Å². The lowest BCUT2D eigenvalue weighted by Gasteiger charge is -2.16. The summed E-state index contributed by atoms with van der Waals surface area (Å²) in [6.07, 6.45) is 2.38. The van der Waals surface area contributed by atoms with Crippen LogP contribution in [-0.2, 0) is 4.84 Å². The molecule has 1 aromatic carbocycles. The van der Waals surface area contributed by atoms with E-state index in [-0.39, 0.29) is 24.3 Å². The minimum absolute atomic E-state index is 0.180. The van der Waals surface area contributed by atoms with Gasteiger partial charge in [-0.15, -0.1) is 10.1 Å². The first kappa shape index (κ1) is 17.2. The van der Waals surface area contributed by atoms with Gasteiger partial charge in [-0.2, -0.15) is 0 Å². The predicted octanol–water partition coefficient (Wildman–Crippen LogP) is 0.966. The summed E-state index contributed by atoms with van der Waals surface area (Å²) in [4.78, 5) is 42.5. The Kier molecular flexibility index (Phi) is 5.13. The normalized spacial score (nSPS) is 17.0. The first-order chi connectivity index (χ1) is 12.1. The molecule has 2 aliphatic heterocycles. The van der Waals surface area contributed by atoms with E-state index >= 15 is 0 Å². The third-order valence-corrected chi connectivity index (χ3v) is 4.34. The summed E-state index contributed by atoms with van der Waals surface area (Å²) in [5, 5.41) is 9.25. The average molecular weight is 349 g/mol. The highest BCUT2D eigenvalue weighted by Crippen LogP contribution is 2.30. The van der Waals surface area contributed by atoms with Gasteiger partial charge in [0.05, 0.1) is 17.7 Å². The Hall–Kier alpha value is -2.68. The van der Waals surface area contributed by atoms with Gasteiger partial charge in [0, 0.05) is 6.54 Å². The van der Waals surface area contributed by atoms with Crippen molar-refractivity contribution in [3.8, 4) is 5.75 Å². The molecular formula is C16H19N3O6. The molecule has 0 radical (unpaired) electrons. The maximum absolute atomic E-state index is 12.5. The molecule has 0 atom stereocenters. The lowest BCUT2D eigenvalue weighted by Crippen LogP contribution is -2.33. The number of imide groups is 1. The summed E-state index contributed by atoms with van der Waals surface area (Å²) in [5.41, 5.74) is 0.472. The minimum Gasteiger partial charge on any atom is -0.491 e. The van der Waals surface area contributed by atoms with Crippen LogP contribution in [0.25, 0.3) is 0 Å². The van der Waals surface area contributed by atoms with E-state index in [9.17, 15) is 19.7 Å². The van der Waals surface area contributed by atoms with Crippen molar-refractivity contribution >= 4 is 11.8 Å². The van der Waals surface area contributed by atoms with Crippen LogP contribution >= 0.6 is 0 Å². The predicted molar refractivity (Wildman–Crippen MR) is 85.9 cm³/mol. The van der Waals surface area contributed by atoms with Crippen LogP contribution in [-0.4, -0.2) is 66.1 Å². The number of hydrogen-bond acceptors (Lipinski definition) is 7. The van der Waals surface area contributed by atoms with E-state index in [4.69, 9.17) is 4.74 Å². The number of ether oxygens (including phenoxy) is 1. The number of likely N-dealkylation sites (tertiary alicyclic amines) is 1. The molecule has 0 aromatic heterocycles. The number of hydrogen-bond donors (Lipinski definition) is 0. The molecule has 25 heavy (non-hydrogen) atoms. The number of fused-ring (bicyclic) bond motifs is 1. The highest BCUT2D eigenvalue weighted by molar-refractivity contribution is 6.22. The summed E-state index contributed by atoms with van der Waals surface area (Å²) in [6, 6.07) is 4.87. The average Bonchev–Trinajstić information content (AvgIpc) is 3.18. The quantitative estimate of drug-likeness (QED) is 0.391. The molecule has 2 heterocycles. The Balaban J connectivity index is 1.65. The maximum atomic E-state index is 12.5. The first-order valence-electron chi connectivity index (χ1n) is 8.19. The van der Waals surface area contributed by atoms with Crippen molar-refractivity contribution < 1.29 is 24.3 Å². The van der Waals surface area contributed by atoms with Gasteiger partial charge in [-0.3, -0.25) is 19.4 Å². The summed E-state index contributed by atoms with van der Waals surface area (Å²) in [5.74, 6) is -0.631. The second-order valence-electron chi connectivity index (χ2n) is 5.89. The van der Waals surface area contributed by atoms with Crippen LogP contribution in [0.2, 0.25) is 0 Å². The van der Waals surface area contributed by atoms with Crippen molar-refractivity contribution in [3.63, 3.8) is 0 Å². The molecule has 1 aromatic rings. The van der Waals surface area contributed by atoms with Crippen LogP contribution in [0, 0.1) is 10.1 Å². The van der Waals surface area contributed by atoms with Gasteiger partial charge in [-0.25, -0.2) is 0 Å². The zero-order valence-electron chi connectivity index (χ0n) is 13.7. The van der Waals surface area contributed by atoms with E-state index in [2.05, 4.69) is 9.74 Å². The first-order valence-corrected chi connectivity index (χ1v) is 8.19. The molecule has 9 heteroatoms. The molecule has 1 saturated heterocycles. The Morgan fingerprint density at radius 3 is 2.56 bits per heavy atom. The Labute approximate surface area is 144 Å². The van der Waals surface area contributed by atoms with E-state index in [1.165, 1.54) is 12.8 Å². The van der Waals surface area contributed by atoms with Crippen molar-refractivity contribution in [1.29, 1.82) is 0 Å². The van der Waals surface area contributed by atoms with Crippen molar-refractivity contribution in [2.45, 2.75) is 12.8 Å². The fraction of sp³-hybridized carbons (Fsp3) is 0.500. The molecule has 0 saturated carbocycles. The number of carbonyl (C=O) groups is 2. The molecule has 2 amide bonds. The fourth-order valence-corrected chi connectivity index (χ4v) is 3.12. The van der Waals surface area contributed by atoms with Crippen LogP contribution in [0.1, 0.15) is 33.6 Å². The van der Waals surface area contributed by atoms with Gasteiger partial charge in [-0.05, 0) is 38.1 Å². The fourth-order valence-electron chi connectivity index (χ4n) is 3.12. The standard InChI is InChI=1S/C16H19N3O6/c20-15-12-4-3-5-13(24-10-8-17-6-1-2-7-17)14(12)16(21)18(15)9-11-25-19(22)23/h3-5H,1-2,6-11H2. The molecule has 3 rings (SSSR count). The highest BCUT2D eigenvalue weighted by Gasteiger charge is 2.37. The number of amides is 2. The van der Waals surface area contributed by atoms with Gasteiger partial charge in [0.1, 0.15) is 19.0 Å². The minimum atomic E-state index is -0.953. The summed E-state index contributed by atoms with van der Waals surface area (Å²) >= 11 is 0. The van der Waals surface area contributed by atoms with Gasteiger partial charge in [-0.1, -0.05) is 6.07 Å². The van der Waals surface area contributed by atoms with Crippen LogP contribution in [0.4, 0.5) is 0 Å². The van der Waals surface area contributed by atoms with E-state index in [0.717, 1.165) is 24.5 Å². The van der Waals surface area contributed by atoms with Gasteiger partial charge in [0.2, 0.25) is 0 Å². The van der Waals surface area contributed by atoms with E-state index in [1.54, 1.807) is 18.2 Å². The molecule has 1 fully saturated rings. The van der Waals surface area contributed by atoms with Crippen LogP contribution in [0.15, 0.2) is 18.2 Å². The van der Waals surface area contributed by atoms with E-state index in [1.807, 2.05) is 0 Å². The lowest BCUT2D eigenvalue weighted by molar-refractivity contribution is -0.757. The monoisotopic (exact) mass is 349 g/mol. The third-order valence-electron chi connectivity index (χ3n) is 4.34. The van der Waals surface area contributed by atoms with Gasteiger partial charge < -0.3 is 9.57 Å². The summed E-state index contributed by atoms with van der Waals surface area (Å²) < 4.78 is 5.74. The zero-order valence-corrected chi connectivity index (χ0v) is 13.7. The lowest BCUT2D eigenvalue weighted by atomic mass is 10.1. The third kappa shape index (κ3) is 3.71. The summed E-state index contributed by atoms with van der Waals surface area (Å²) in [7, 11) is 0. The molecule has 0 spiro atoms. The molecule has 2 aliphatic rings. The topological polar surface area (TPSA) is 102 Å². The second-order valence-corrected chi connectivity index (χ2v) is 5.89. The Morgan fingerprint density at radius 1 is 1.08 bits per heavy atom. The van der Waals surface area contributed by atoms with E-state index < -0.39 is 16.9 Å². The number of benzene rings is 1. The zero-order chi connectivity index (χ0) is 17.8. The molecule has 0 unspecified atom stereocenters. The number of rotatable bonds is 8. The van der Waals surface area contributed by atoms with Crippen LogP contribution < -0.4 is 4.74 Å². The summed E-state index contributed by atoms with van der Waals surface area (Å²) in [6.45, 7) is 2.77. The van der Waals surface area contributed by atoms with Crippen molar-refractivity contribution in [2.75, 3.05) is 39.4 Å². The van der Waals surface area contributed by atoms with Crippen LogP contribution in [0.5, 0.6) is 5.75 Å². The SMILES string of the molecule is O=C1c2cccc(OCCN3CCCC3)c2C(=O)N1CCO[N+](=O)[O-]. The molecule has 134 valence electrons. The Morgan fingerprint density at radius 2 is 1.84 bits per heavy atom. The largest absolute Gasteiger partial charge is 0.491 e. The Bertz CT molecular complexity index is 686. The number of carbonyl (C=O) groups excluding carboxylic acids is 2. The van der Waals surface area contributed by atoms with Crippen molar-refractivity contribution in [2.24, 2.45) is 0 Å². The molecule has 0 aliphatic carbocycles. The molecule has 0 N–H and O–H groups in total. The molecule has 0 bridgehead atoms. The van der Waals surface area contributed by atoms with Crippen molar-refractivity contribution in [3.05, 3.63) is 39.4 Å².